The standard InChI is InChI=1S/C21H28N4O4/c1-7-9-21(26,10-8-2)14(3)23-20-24-16(13-22-25-20)15-11-17(27-4)19(29-6)18(12-15)28-5/h7-8,11-14,26H,1-2,9-10H2,3-6H3,(H,23,24,25). The molecule has 0 aliphatic rings. The molecule has 0 saturated carbocycles. The zero-order valence-corrected chi connectivity index (χ0v) is 17.3. The highest BCUT2D eigenvalue weighted by atomic mass is 16.5. The van der Waals surface area contributed by atoms with Crippen LogP contribution in [0.5, 0.6) is 17.2 Å². The summed E-state index contributed by atoms with van der Waals surface area (Å²) in [6.45, 7) is 9.29. The van der Waals surface area contributed by atoms with Crippen LogP contribution in [-0.4, -0.2) is 53.3 Å². The van der Waals surface area contributed by atoms with Gasteiger partial charge in [0, 0.05) is 5.56 Å². The second-order valence-corrected chi connectivity index (χ2v) is 6.53. The second kappa shape index (κ2) is 9.88. The van der Waals surface area contributed by atoms with E-state index < -0.39 is 5.60 Å². The number of nitrogens with zero attached hydrogens (tertiary/aromatic N) is 3. The third-order valence-corrected chi connectivity index (χ3v) is 4.67. The van der Waals surface area contributed by atoms with Crippen molar-refractivity contribution in [2.75, 3.05) is 26.6 Å². The zero-order valence-electron chi connectivity index (χ0n) is 17.3. The lowest BCUT2D eigenvalue weighted by Crippen LogP contribution is -2.44. The summed E-state index contributed by atoms with van der Waals surface area (Å²) in [6, 6.07) is 3.20. The maximum absolute atomic E-state index is 10.9. The van der Waals surface area contributed by atoms with Gasteiger partial charge in [-0.2, -0.15) is 5.10 Å². The number of ether oxygens (including phenoxy) is 3. The van der Waals surface area contributed by atoms with Crippen molar-refractivity contribution in [3.63, 3.8) is 0 Å². The largest absolute Gasteiger partial charge is 0.493 e. The quantitative estimate of drug-likeness (QED) is 0.555. The van der Waals surface area contributed by atoms with E-state index in [2.05, 4.69) is 33.7 Å². The number of hydrogen-bond acceptors (Lipinski definition) is 8. The predicted octanol–water partition coefficient (Wildman–Crippen LogP) is 3.25. The van der Waals surface area contributed by atoms with Crippen LogP contribution >= 0.6 is 0 Å². The van der Waals surface area contributed by atoms with Crippen LogP contribution in [0.15, 0.2) is 43.6 Å². The molecule has 1 heterocycles. The Hall–Kier alpha value is -3.13. The van der Waals surface area contributed by atoms with Crippen LogP contribution in [0.25, 0.3) is 11.3 Å². The molecule has 2 rings (SSSR count). The highest BCUT2D eigenvalue weighted by Gasteiger charge is 2.32. The molecule has 2 aromatic rings. The summed E-state index contributed by atoms with van der Waals surface area (Å²) in [4.78, 5) is 4.52. The highest BCUT2D eigenvalue weighted by molar-refractivity contribution is 5.68. The van der Waals surface area contributed by atoms with Gasteiger partial charge in [-0.3, -0.25) is 0 Å². The first kappa shape index (κ1) is 22.2. The molecule has 0 fully saturated rings. The van der Waals surface area contributed by atoms with Gasteiger partial charge in [0.05, 0.1) is 44.9 Å². The van der Waals surface area contributed by atoms with Crippen molar-refractivity contribution in [2.45, 2.75) is 31.4 Å². The molecule has 0 spiro atoms. The first-order valence-electron chi connectivity index (χ1n) is 9.13. The molecule has 0 bridgehead atoms. The molecule has 2 N–H and O–H groups in total. The molecule has 0 saturated heterocycles. The summed E-state index contributed by atoms with van der Waals surface area (Å²) >= 11 is 0. The Morgan fingerprint density at radius 3 is 2.17 bits per heavy atom. The first-order valence-corrected chi connectivity index (χ1v) is 9.13. The van der Waals surface area contributed by atoms with E-state index in [0.29, 0.717) is 35.8 Å². The van der Waals surface area contributed by atoms with Crippen molar-refractivity contribution < 1.29 is 19.3 Å². The molecule has 8 heteroatoms. The van der Waals surface area contributed by atoms with E-state index in [1.165, 1.54) is 6.20 Å². The third kappa shape index (κ3) is 5.03. The van der Waals surface area contributed by atoms with E-state index >= 15 is 0 Å². The number of benzene rings is 1. The van der Waals surface area contributed by atoms with Gasteiger partial charge < -0.3 is 24.6 Å². The highest BCUT2D eigenvalue weighted by Crippen LogP contribution is 2.40. The molecule has 1 atom stereocenters. The minimum atomic E-state index is -1.06. The fourth-order valence-corrected chi connectivity index (χ4v) is 3.00. The van der Waals surface area contributed by atoms with Gasteiger partial charge in [0.15, 0.2) is 11.5 Å². The van der Waals surface area contributed by atoms with E-state index in [0.717, 1.165) is 5.56 Å². The predicted molar refractivity (Wildman–Crippen MR) is 113 cm³/mol. The average Bonchev–Trinajstić information content (AvgIpc) is 2.73. The van der Waals surface area contributed by atoms with E-state index in [1.807, 2.05) is 6.92 Å². The molecule has 1 unspecified atom stereocenters. The lowest BCUT2D eigenvalue weighted by atomic mass is 9.88. The maximum Gasteiger partial charge on any atom is 0.243 e. The number of nitrogens with one attached hydrogen (secondary N) is 1. The first-order chi connectivity index (χ1) is 13.9. The van der Waals surface area contributed by atoms with Crippen LogP contribution in [0, 0.1) is 0 Å². The minimum Gasteiger partial charge on any atom is -0.493 e. The van der Waals surface area contributed by atoms with Gasteiger partial charge in [-0.15, -0.1) is 18.3 Å². The fourth-order valence-electron chi connectivity index (χ4n) is 3.00. The van der Waals surface area contributed by atoms with E-state index in [-0.39, 0.29) is 12.0 Å². The molecule has 0 radical (unpaired) electrons. The van der Waals surface area contributed by atoms with Gasteiger partial charge in [-0.25, -0.2) is 4.98 Å². The van der Waals surface area contributed by atoms with Gasteiger partial charge in [-0.1, -0.05) is 12.2 Å². The molecular formula is C21H28N4O4. The lowest BCUT2D eigenvalue weighted by molar-refractivity contribution is 0.0314. The molecule has 1 aromatic carbocycles. The molecular weight excluding hydrogens is 372 g/mol. The van der Waals surface area contributed by atoms with Gasteiger partial charge in [-0.05, 0) is 31.9 Å². The summed E-state index contributed by atoms with van der Waals surface area (Å²) in [6.07, 6.45) is 5.68. The van der Waals surface area contributed by atoms with Crippen molar-refractivity contribution in [3.05, 3.63) is 43.6 Å². The average molecular weight is 400 g/mol. The molecule has 0 aliphatic heterocycles. The van der Waals surface area contributed by atoms with Gasteiger partial charge in [0.25, 0.3) is 0 Å². The van der Waals surface area contributed by atoms with Gasteiger partial charge >= 0.3 is 0 Å². The van der Waals surface area contributed by atoms with Crippen LogP contribution in [-0.2, 0) is 0 Å². The van der Waals surface area contributed by atoms with Crippen LogP contribution < -0.4 is 19.5 Å². The lowest BCUT2D eigenvalue weighted by Gasteiger charge is -2.33. The Morgan fingerprint density at radius 1 is 1.10 bits per heavy atom. The SMILES string of the molecule is C=CCC(O)(CC=C)C(C)Nc1nncc(-c2cc(OC)c(OC)c(OC)c2)n1. The van der Waals surface area contributed by atoms with Gasteiger partial charge in [0.1, 0.15) is 0 Å². The summed E-state index contributed by atoms with van der Waals surface area (Å²) in [5.41, 5.74) is 0.220. The molecule has 8 nitrogen and oxygen atoms in total. The number of aromatic nitrogens is 3. The minimum absolute atomic E-state index is 0.287. The molecule has 1 aromatic heterocycles. The topological polar surface area (TPSA) is 98.6 Å². The van der Waals surface area contributed by atoms with Crippen molar-refractivity contribution >= 4 is 5.95 Å². The summed E-state index contributed by atoms with van der Waals surface area (Å²) in [5, 5.41) is 22.1. The van der Waals surface area contributed by atoms with Crippen LogP contribution in [0.1, 0.15) is 19.8 Å². The Bertz CT molecular complexity index is 821. The Balaban J connectivity index is 2.36. The smallest absolute Gasteiger partial charge is 0.243 e. The van der Waals surface area contributed by atoms with E-state index in [9.17, 15) is 5.11 Å². The third-order valence-electron chi connectivity index (χ3n) is 4.67. The number of rotatable bonds is 11. The number of methoxy groups -OCH3 is 3. The number of hydrogen-bond donors (Lipinski definition) is 2. The van der Waals surface area contributed by atoms with Gasteiger partial charge in [0.2, 0.25) is 11.7 Å². The Labute approximate surface area is 171 Å². The van der Waals surface area contributed by atoms with Crippen LogP contribution in [0.2, 0.25) is 0 Å². The Kier molecular flexibility index (Phi) is 7.55. The van der Waals surface area contributed by atoms with Crippen molar-refractivity contribution in [3.8, 4) is 28.5 Å². The van der Waals surface area contributed by atoms with Crippen molar-refractivity contribution in [1.29, 1.82) is 0 Å². The summed E-state index contributed by atoms with van der Waals surface area (Å²) in [5.74, 6) is 1.80. The Morgan fingerprint density at radius 2 is 1.69 bits per heavy atom. The van der Waals surface area contributed by atoms with Crippen molar-refractivity contribution in [2.24, 2.45) is 0 Å². The molecule has 156 valence electrons. The van der Waals surface area contributed by atoms with Crippen LogP contribution in [0.3, 0.4) is 0 Å². The maximum atomic E-state index is 10.9. The number of anilines is 1. The fraction of sp³-hybridized carbons (Fsp3) is 0.381. The molecule has 0 aliphatic carbocycles. The van der Waals surface area contributed by atoms with E-state index in [4.69, 9.17) is 14.2 Å². The van der Waals surface area contributed by atoms with Crippen LogP contribution in [0.4, 0.5) is 5.95 Å². The molecule has 29 heavy (non-hydrogen) atoms. The zero-order chi connectivity index (χ0) is 21.4. The van der Waals surface area contributed by atoms with Crippen molar-refractivity contribution in [1.82, 2.24) is 15.2 Å². The summed E-state index contributed by atoms with van der Waals surface area (Å²) in [7, 11) is 4.64. The second-order valence-electron chi connectivity index (χ2n) is 6.53. The number of aliphatic hydroxyl groups is 1. The normalized spacial score (nSPS) is 12.0. The van der Waals surface area contributed by atoms with E-state index in [1.54, 1.807) is 45.6 Å². The summed E-state index contributed by atoms with van der Waals surface area (Å²) < 4.78 is 16.1. The monoisotopic (exact) mass is 400 g/mol. The molecule has 0 amide bonds.